The number of pyridine rings is 1. The molecule has 0 aliphatic heterocycles. The molecule has 58 heavy (non-hydrogen) atoms. The van der Waals surface area contributed by atoms with Gasteiger partial charge in [-0.25, -0.2) is 4.39 Å². The van der Waals surface area contributed by atoms with Crippen LogP contribution >= 0.6 is 0 Å². The van der Waals surface area contributed by atoms with Crippen LogP contribution in [0.15, 0.2) is 116 Å². The van der Waals surface area contributed by atoms with E-state index in [-0.39, 0.29) is 11.7 Å². The summed E-state index contributed by atoms with van der Waals surface area (Å²) in [7, 11) is 2.08. The maximum atomic E-state index is 13.7. The van der Waals surface area contributed by atoms with Gasteiger partial charge in [-0.15, -0.1) is 0 Å². The van der Waals surface area contributed by atoms with Crippen molar-refractivity contribution in [2.45, 2.75) is 120 Å². The molecule has 2 aromatic heterocycles. The molecule has 0 fully saturated rings. The van der Waals surface area contributed by atoms with E-state index in [0.717, 1.165) is 52.2 Å². The number of nitrogens with one attached hydrogen (secondary N) is 1. The average Bonchev–Trinajstić information content (AvgIpc) is 3.53. The average molecular weight is 778 g/mol. The van der Waals surface area contributed by atoms with Gasteiger partial charge in [0.2, 0.25) is 0 Å². The number of halogens is 1. The van der Waals surface area contributed by atoms with Crippen molar-refractivity contribution in [3.8, 4) is 33.5 Å². The normalized spacial score (nSPS) is 11.1. The fourth-order valence-electron chi connectivity index (χ4n) is 8.00. The van der Waals surface area contributed by atoms with Gasteiger partial charge in [0.15, 0.2) is 0 Å². The molecule has 0 saturated carbocycles. The van der Waals surface area contributed by atoms with E-state index < -0.39 is 0 Å². The number of benzene rings is 4. The second kappa shape index (κ2) is 21.0. The summed E-state index contributed by atoms with van der Waals surface area (Å²) in [4.78, 5) is 5.22. The van der Waals surface area contributed by atoms with E-state index in [1.54, 1.807) is 0 Å². The molecule has 0 atom stereocenters. The summed E-state index contributed by atoms with van der Waals surface area (Å²) in [5.74, 6) is 1.39. The van der Waals surface area contributed by atoms with Gasteiger partial charge in [0.05, 0.1) is 5.69 Å². The molecule has 0 bridgehead atoms. The molecule has 0 amide bonds. The molecule has 6 rings (SSSR count). The third kappa shape index (κ3) is 10.4. The van der Waals surface area contributed by atoms with Crippen molar-refractivity contribution < 1.29 is 4.39 Å². The summed E-state index contributed by atoms with van der Waals surface area (Å²) < 4.78 is 15.9. The van der Waals surface area contributed by atoms with Crippen molar-refractivity contribution in [2.75, 3.05) is 5.32 Å². The van der Waals surface area contributed by atoms with E-state index in [0.29, 0.717) is 17.8 Å². The lowest BCUT2D eigenvalue weighted by Crippen LogP contribution is -2.13. The highest BCUT2D eigenvalue weighted by molar-refractivity contribution is 5.95. The number of anilines is 1. The summed E-state index contributed by atoms with van der Waals surface area (Å²) in [5.41, 5.74) is 18.0. The summed E-state index contributed by atoms with van der Waals surface area (Å²) in [6.45, 7) is 31.0. The Bertz CT molecular complexity index is 2210. The molecule has 3 nitrogen and oxygen atoms in total. The Labute approximate surface area is 350 Å². The van der Waals surface area contributed by atoms with Crippen LogP contribution in [-0.2, 0) is 13.5 Å². The molecule has 0 radical (unpaired) electrons. The van der Waals surface area contributed by atoms with Crippen LogP contribution in [0, 0.1) is 12.7 Å². The smallest absolute Gasteiger partial charge is 0.123 e. The number of rotatable bonds is 12. The van der Waals surface area contributed by atoms with Gasteiger partial charge in [-0.2, -0.15) is 0 Å². The van der Waals surface area contributed by atoms with E-state index in [1.165, 1.54) is 57.0 Å². The third-order valence-corrected chi connectivity index (χ3v) is 10.4. The fraction of sp³-hybridized carbons (Fsp3) is 0.352. The van der Waals surface area contributed by atoms with Crippen molar-refractivity contribution in [1.29, 1.82) is 0 Å². The molecule has 0 spiro atoms. The van der Waals surface area contributed by atoms with Crippen molar-refractivity contribution in [2.24, 2.45) is 7.05 Å². The van der Waals surface area contributed by atoms with E-state index in [9.17, 15) is 4.39 Å². The summed E-state index contributed by atoms with van der Waals surface area (Å²) in [5, 5.41) is 3.50. The molecular weight excluding hydrogens is 710 g/mol. The summed E-state index contributed by atoms with van der Waals surface area (Å²) in [6, 6.07) is 36.2. The maximum absolute atomic E-state index is 13.7. The lowest BCUT2D eigenvalue weighted by molar-refractivity contribution is 0.628. The topological polar surface area (TPSA) is 29.9 Å². The standard InChI is InChI=1S/C28H27FN2.C24H35N.C2H6/c1-19(2)27-25(20(3)30-24-13-9-6-10-14-24)26(21-11-7-5-8-12-21)28(31(27)4)22-15-17-23(29)18-16-22;1-9-10-20-22(19-13-11-18(8)12-14-19)21(15(2)3)24(17(6)7)25-23(20)16(4)5;1-2/h5-19,30H,3H2,1-2,4H3;11-17H,9-10H2,1-8H3;1-2H3. The zero-order valence-electron chi connectivity index (χ0n) is 37.6. The number of hydrogen-bond donors (Lipinski definition) is 1. The van der Waals surface area contributed by atoms with Gasteiger partial charge in [-0.3, -0.25) is 4.98 Å². The van der Waals surface area contributed by atoms with Gasteiger partial charge >= 0.3 is 0 Å². The van der Waals surface area contributed by atoms with Crippen LogP contribution in [0.2, 0.25) is 0 Å². The third-order valence-electron chi connectivity index (χ3n) is 10.4. The molecule has 4 aromatic carbocycles. The van der Waals surface area contributed by atoms with Crippen LogP contribution in [0.25, 0.3) is 39.2 Å². The van der Waals surface area contributed by atoms with E-state index >= 15 is 0 Å². The van der Waals surface area contributed by atoms with Gasteiger partial charge in [0.25, 0.3) is 0 Å². The van der Waals surface area contributed by atoms with Crippen molar-refractivity contribution in [3.05, 3.63) is 161 Å². The molecule has 0 saturated heterocycles. The largest absolute Gasteiger partial charge is 0.355 e. The van der Waals surface area contributed by atoms with Crippen LogP contribution in [0.3, 0.4) is 0 Å². The van der Waals surface area contributed by atoms with Gasteiger partial charge in [-0.1, -0.05) is 168 Å². The molecule has 1 N–H and O–H groups in total. The number of aromatic nitrogens is 2. The van der Waals surface area contributed by atoms with Crippen LogP contribution in [0.5, 0.6) is 0 Å². The van der Waals surface area contributed by atoms with E-state index in [4.69, 9.17) is 4.98 Å². The monoisotopic (exact) mass is 778 g/mol. The molecule has 2 heterocycles. The van der Waals surface area contributed by atoms with Crippen LogP contribution in [0.4, 0.5) is 10.1 Å². The van der Waals surface area contributed by atoms with Crippen LogP contribution in [-0.4, -0.2) is 9.55 Å². The maximum Gasteiger partial charge on any atom is 0.123 e. The molecule has 0 unspecified atom stereocenters. The van der Waals surface area contributed by atoms with Crippen LogP contribution < -0.4 is 5.32 Å². The van der Waals surface area contributed by atoms with Gasteiger partial charge < -0.3 is 9.88 Å². The molecular formula is C54H68FN3. The van der Waals surface area contributed by atoms with E-state index in [1.807, 2.05) is 74.5 Å². The number of nitrogens with zero attached hydrogens (tertiary/aromatic N) is 2. The van der Waals surface area contributed by atoms with Crippen molar-refractivity contribution in [1.82, 2.24) is 9.55 Å². The zero-order valence-corrected chi connectivity index (χ0v) is 37.6. The lowest BCUT2D eigenvalue weighted by atomic mass is 9.81. The fourth-order valence-corrected chi connectivity index (χ4v) is 8.00. The van der Waals surface area contributed by atoms with Crippen molar-refractivity contribution >= 4 is 11.4 Å². The number of hydrogen-bond acceptors (Lipinski definition) is 2. The molecule has 306 valence electrons. The summed E-state index contributed by atoms with van der Waals surface area (Å²) in [6.07, 6.45) is 2.25. The first-order valence-corrected chi connectivity index (χ1v) is 21.4. The minimum absolute atomic E-state index is 0.237. The number of aryl methyl sites for hydroxylation is 1. The SMILES string of the molecule is C=C(Nc1ccccc1)c1c(-c2ccccc2)c(-c2ccc(F)cc2)n(C)c1C(C)C.CC.CCCc1c(C(C)C)nc(C(C)C)c(C(C)C)c1-c1ccc(C)cc1. The van der Waals surface area contributed by atoms with Crippen molar-refractivity contribution in [3.63, 3.8) is 0 Å². The molecule has 0 aliphatic rings. The Balaban J connectivity index is 0.000000252. The second-order valence-corrected chi connectivity index (χ2v) is 16.3. The first-order valence-electron chi connectivity index (χ1n) is 21.4. The Hall–Kier alpha value is -5.22. The Morgan fingerprint density at radius 3 is 1.67 bits per heavy atom. The van der Waals surface area contributed by atoms with Gasteiger partial charge in [0.1, 0.15) is 5.82 Å². The Morgan fingerprint density at radius 1 is 0.655 bits per heavy atom. The lowest BCUT2D eigenvalue weighted by Gasteiger charge is -2.26. The molecule has 4 heteroatoms. The highest BCUT2D eigenvalue weighted by Gasteiger charge is 2.27. The predicted octanol–water partition coefficient (Wildman–Crippen LogP) is 16.1. The van der Waals surface area contributed by atoms with Crippen LogP contribution in [0.1, 0.15) is 146 Å². The Kier molecular flexibility index (Phi) is 16.5. The minimum Gasteiger partial charge on any atom is -0.355 e. The van der Waals surface area contributed by atoms with Gasteiger partial charge in [-0.05, 0) is 107 Å². The zero-order chi connectivity index (χ0) is 42.7. The van der Waals surface area contributed by atoms with Gasteiger partial charge in [0, 0.05) is 46.6 Å². The minimum atomic E-state index is -0.237. The molecule has 0 aliphatic carbocycles. The summed E-state index contributed by atoms with van der Waals surface area (Å²) >= 11 is 0. The predicted molar refractivity (Wildman–Crippen MR) is 251 cm³/mol. The highest BCUT2D eigenvalue weighted by Crippen LogP contribution is 2.44. The number of para-hydroxylation sites is 1. The highest BCUT2D eigenvalue weighted by atomic mass is 19.1. The van der Waals surface area contributed by atoms with E-state index in [2.05, 4.69) is 129 Å². The first-order chi connectivity index (χ1) is 27.7. The first kappa shape index (κ1) is 45.5. The Morgan fingerprint density at radius 2 is 1.17 bits per heavy atom. The second-order valence-electron chi connectivity index (χ2n) is 16.3. The quantitative estimate of drug-likeness (QED) is 0.134. The molecule has 6 aromatic rings.